The third-order valence-electron chi connectivity index (χ3n) is 5.54. The van der Waals surface area contributed by atoms with Gasteiger partial charge in [0, 0.05) is 46.4 Å². The second kappa shape index (κ2) is 6.35. The Bertz CT molecular complexity index is 1500. The summed E-state index contributed by atoms with van der Waals surface area (Å²) in [5.41, 5.74) is 0.921. The highest BCUT2D eigenvalue weighted by Crippen LogP contribution is 2.40. The van der Waals surface area contributed by atoms with Crippen LogP contribution < -0.4 is 11.0 Å². The van der Waals surface area contributed by atoms with Gasteiger partial charge in [-0.25, -0.2) is 14.2 Å². The fourth-order valence-electron chi connectivity index (χ4n) is 4.00. The Hall–Kier alpha value is -3.81. The molecule has 1 fully saturated rings. The van der Waals surface area contributed by atoms with Crippen LogP contribution in [0.3, 0.4) is 0 Å². The van der Waals surface area contributed by atoms with Crippen molar-refractivity contribution in [1.82, 2.24) is 14.5 Å². The zero-order valence-corrected chi connectivity index (χ0v) is 15.9. The van der Waals surface area contributed by atoms with E-state index in [0.717, 1.165) is 18.9 Å². The van der Waals surface area contributed by atoms with Crippen LogP contribution in [0.25, 0.3) is 33.1 Å². The van der Waals surface area contributed by atoms with Crippen molar-refractivity contribution in [2.24, 2.45) is 0 Å². The number of benzene rings is 1. The number of hydrogen-bond donors (Lipinski definition) is 2. The molecule has 3 aromatic heterocycles. The highest BCUT2D eigenvalue weighted by molar-refractivity contribution is 5.96. The van der Waals surface area contributed by atoms with Gasteiger partial charge in [0.1, 0.15) is 17.0 Å². The largest absolute Gasteiger partial charge is 0.477 e. The molecule has 3 heterocycles. The van der Waals surface area contributed by atoms with Crippen LogP contribution in [-0.2, 0) is 0 Å². The van der Waals surface area contributed by atoms with Gasteiger partial charge >= 0.3 is 5.97 Å². The number of carboxylic acid groups (broad SMARTS) is 1. The molecule has 4 aromatic rings. The lowest BCUT2D eigenvalue weighted by Crippen LogP contribution is -2.19. The van der Waals surface area contributed by atoms with Crippen molar-refractivity contribution < 1.29 is 14.3 Å². The number of H-pyrrole nitrogens is 1. The predicted molar refractivity (Wildman–Crippen MR) is 109 cm³/mol. The van der Waals surface area contributed by atoms with E-state index < -0.39 is 17.2 Å². The first-order chi connectivity index (χ1) is 14.3. The fraction of sp³-hybridized carbons (Fsp3) is 0.182. The lowest BCUT2D eigenvalue weighted by atomic mass is 9.96. The van der Waals surface area contributed by atoms with Crippen molar-refractivity contribution in [2.45, 2.75) is 25.8 Å². The maximum Gasteiger partial charge on any atom is 0.341 e. The molecule has 0 spiro atoms. The number of aromatic carboxylic acids is 1. The molecule has 30 heavy (non-hydrogen) atoms. The van der Waals surface area contributed by atoms with Gasteiger partial charge in [-0.05, 0) is 43.5 Å². The summed E-state index contributed by atoms with van der Waals surface area (Å²) >= 11 is 0. The number of hydrogen-bond acceptors (Lipinski definition) is 4. The first-order valence-electron chi connectivity index (χ1n) is 9.46. The zero-order chi connectivity index (χ0) is 21.2. The molecule has 1 aliphatic rings. The minimum Gasteiger partial charge on any atom is -0.477 e. The van der Waals surface area contributed by atoms with E-state index in [4.69, 9.17) is 0 Å². The Morgan fingerprint density at radius 3 is 2.73 bits per heavy atom. The fourth-order valence-corrected chi connectivity index (χ4v) is 4.00. The Morgan fingerprint density at radius 1 is 1.27 bits per heavy atom. The minimum absolute atomic E-state index is 0.0543. The normalized spacial score (nSPS) is 13.8. The number of fused-ring (bicyclic) bond motifs is 2. The second-order valence-corrected chi connectivity index (χ2v) is 7.55. The maximum absolute atomic E-state index is 15.2. The summed E-state index contributed by atoms with van der Waals surface area (Å²) in [7, 11) is 0. The average Bonchev–Trinajstić information content (AvgIpc) is 3.53. The smallest absolute Gasteiger partial charge is 0.341 e. The van der Waals surface area contributed by atoms with Crippen LogP contribution in [0.1, 0.15) is 34.8 Å². The first-order valence-corrected chi connectivity index (χ1v) is 9.46. The molecular weight excluding hydrogens is 389 g/mol. The number of rotatable bonds is 3. The zero-order valence-electron chi connectivity index (χ0n) is 15.9. The van der Waals surface area contributed by atoms with Crippen LogP contribution in [0.15, 0.2) is 46.2 Å². The van der Waals surface area contributed by atoms with E-state index in [1.54, 1.807) is 23.6 Å². The predicted octanol–water partition coefficient (Wildman–Crippen LogP) is 3.39. The van der Waals surface area contributed by atoms with Crippen LogP contribution in [0.5, 0.6) is 0 Å². The summed E-state index contributed by atoms with van der Waals surface area (Å²) in [6, 6.07) is 5.90. The van der Waals surface area contributed by atoms with Gasteiger partial charge in [-0.3, -0.25) is 9.59 Å². The van der Waals surface area contributed by atoms with E-state index in [1.807, 2.05) is 0 Å². The molecule has 1 aliphatic carbocycles. The highest BCUT2D eigenvalue weighted by atomic mass is 19.1. The average molecular weight is 405 g/mol. The van der Waals surface area contributed by atoms with Crippen molar-refractivity contribution in [3.63, 3.8) is 0 Å². The molecule has 0 amide bonds. The molecular formula is C22H16FN3O4. The third kappa shape index (κ3) is 2.72. The lowest BCUT2D eigenvalue weighted by Gasteiger charge is -2.17. The first kappa shape index (κ1) is 18.2. The van der Waals surface area contributed by atoms with Gasteiger partial charge in [-0.2, -0.15) is 0 Å². The molecule has 5 rings (SSSR count). The van der Waals surface area contributed by atoms with Gasteiger partial charge in [0.15, 0.2) is 0 Å². The van der Waals surface area contributed by atoms with E-state index in [2.05, 4.69) is 9.97 Å². The molecule has 1 saturated carbocycles. The minimum atomic E-state index is -1.33. The van der Waals surface area contributed by atoms with E-state index in [9.17, 15) is 19.5 Å². The Labute approximate surface area is 168 Å². The number of aromatic amines is 1. The van der Waals surface area contributed by atoms with Gasteiger partial charge in [0.05, 0.1) is 5.52 Å². The summed E-state index contributed by atoms with van der Waals surface area (Å²) < 4.78 is 17.0. The molecule has 2 N–H and O–H groups in total. The topological polar surface area (TPSA) is 105 Å². The van der Waals surface area contributed by atoms with Gasteiger partial charge in [0.2, 0.25) is 11.0 Å². The molecule has 1 aromatic carbocycles. The number of nitrogens with zero attached hydrogens (tertiary/aromatic N) is 2. The van der Waals surface area contributed by atoms with Gasteiger partial charge in [0.25, 0.3) is 0 Å². The van der Waals surface area contributed by atoms with Gasteiger partial charge < -0.3 is 14.7 Å². The van der Waals surface area contributed by atoms with Crippen molar-refractivity contribution in [1.29, 1.82) is 0 Å². The number of carbonyl (C=O) groups is 1. The van der Waals surface area contributed by atoms with Crippen LogP contribution in [0, 0.1) is 12.7 Å². The second-order valence-electron chi connectivity index (χ2n) is 7.55. The van der Waals surface area contributed by atoms with Crippen molar-refractivity contribution >= 4 is 27.9 Å². The molecule has 150 valence electrons. The molecule has 7 nitrogen and oxygen atoms in total. The van der Waals surface area contributed by atoms with E-state index in [0.29, 0.717) is 33.2 Å². The Kier molecular flexibility index (Phi) is 3.86. The van der Waals surface area contributed by atoms with Crippen molar-refractivity contribution in [2.75, 3.05) is 0 Å². The summed E-state index contributed by atoms with van der Waals surface area (Å²) in [4.78, 5) is 42.6. The number of nitrogens with one attached hydrogen (secondary N) is 1. The molecule has 0 aliphatic heterocycles. The maximum atomic E-state index is 15.2. The molecule has 0 unspecified atom stereocenters. The third-order valence-corrected chi connectivity index (χ3v) is 5.54. The summed E-state index contributed by atoms with van der Waals surface area (Å²) in [5, 5.41) is 10.1. The summed E-state index contributed by atoms with van der Waals surface area (Å²) in [6.45, 7) is 1.72. The van der Waals surface area contributed by atoms with Crippen LogP contribution >= 0.6 is 0 Å². The van der Waals surface area contributed by atoms with Crippen molar-refractivity contribution in [3.8, 4) is 11.1 Å². The number of aryl methyl sites for hydroxylation is 1. The number of halogens is 1. The SMILES string of the molecule is Cc1c(-c2cnc3[nH]c(=O)ccc3c2)c(F)cc2c(=O)c(C(=O)O)cn(C3CC3)c12. The van der Waals surface area contributed by atoms with E-state index >= 15 is 4.39 Å². The number of pyridine rings is 3. The van der Waals surface area contributed by atoms with E-state index in [1.165, 1.54) is 18.5 Å². The highest BCUT2D eigenvalue weighted by Gasteiger charge is 2.29. The quantitative estimate of drug-likeness (QED) is 0.544. The van der Waals surface area contributed by atoms with Gasteiger partial charge in [-0.15, -0.1) is 0 Å². The molecule has 8 heteroatoms. The lowest BCUT2D eigenvalue weighted by molar-refractivity contribution is 0.0695. The van der Waals surface area contributed by atoms with Crippen molar-refractivity contribution in [3.05, 3.63) is 74.2 Å². The monoisotopic (exact) mass is 405 g/mol. The summed E-state index contributed by atoms with van der Waals surface area (Å²) in [5.74, 6) is -1.96. The van der Waals surface area contributed by atoms with Crippen LogP contribution in [0.2, 0.25) is 0 Å². The number of carboxylic acids is 1. The molecule has 0 atom stereocenters. The van der Waals surface area contributed by atoms with Crippen LogP contribution in [0.4, 0.5) is 4.39 Å². The molecule has 0 saturated heterocycles. The molecule has 0 bridgehead atoms. The number of aromatic nitrogens is 3. The Morgan fingerprint density at radius 2 is 2.03 bits per heavy atom. The standard InChI is InChI=1S/C22H16FN3O4/c1-10-18(12-6-11-2-5-17(27)25-21(11)24-8-12)16(23)7-14-19(10)26(13-3-4-13)9-15(20(14)28)22(29)30/h2,5-9,13H,3-4H2,1H3,(H,29,30)(H,24,25,27). The summed E-state index contributed by atoms with van der Waals surface area (Å²) in [6.07, 6.45) is 4.57. The van der Waals surface area contributed by atoms with E-state index in [-0.39, 0.29) is 22.6 Å². The molecule has 0 radical (unpaired) electrons. The van der Waals surface area contributed by atoms with Crippen LogP contribution in [-0.4, -0.2) is 25.6 Å². The Balaban J connectivity index is 1.84. The van der Waals surface area contributed by atoms with Gasteiger partial charge in [-0.1, -0.05) is 0 Å².